The van der Waals surface area contributed by atoms with E-state index in [0.717, 1.165) is 11.0 Å². The number of amides is 1. The molecule has 2 bridgehead atoms. The largest absolute Gasteiger partial charge is 0.497 e. The Bertz CT molecular complexity index is 681. The topological polar surface area (TPSA) is 29.5 Å². The summed E-state index contributed by atoms with van der Waals surface area (Å²) in [6.07, 6.45) is -4.92. The molecule has 0 saturated carbocycles. The number of alkyl halides is 5. The lowest BCUT2D eigenvalue weighted by Gasteiger charge is -2.33. The van der Waals surface area contributed by atoms with Crippen LogP contribution in [0.5, 0.6) is 5.75 Å². The van der Waals surface area contributed by atoms with Crippen molar-refractivity contribution in [3.05, 3.63) is 41.5 Å². The standard InChI is InChI=1S/C16H14F5NO2/c1-24-11-4-2-9(3-5-11)8-22-13-7-10(14(22)23)6-12(13)15(17,18)16(19,20)21/h2-6,10,13H,7-8H2,1H3/t10-,13-/m0/s1. The van der Waals surface area contributed by atoms with Gasteiger partial charge in [0.2, 0.25) is 5.91 Å². The zero-order valence-electron chi connectivity index (χ0n) is 12.6. The fourth-order valence-corrected chi connectivity index (χ4v) is 3.19. The SMILES string of the molecule is COc1ccc(CN2C(=O)[C@H]3C=C(C(F)(F)C(F)(F)F)[C@@H]2C3)cc1. The van der Waals surface area contributed by atoms with Crippen molar-refractivity contribution in [2.24, 2.45) is 5.92 Å². The molecule has 0 radical (unpaired) electrons. The molecule has 2 aliphatic rings. The number of ether oxygens (including phenoxy) is 1. The Balaban J connectivity index is 1.84. The van der Waals surface area contributed by atoms with E-state index in [-0.39, 0.29) is 13.0 Å². The summed E-state index contributed by atoms with van der Waals surface area (Å²) < 4.78 is 70.3. The van der Waals surface area contributed by atoms with Crippen molar-refractivity contribution >= 4 is 5.91 Å². The number of hydrogen-bond donors (Lipinski definition) is 0. The first-order chi connectivity index (χ1) is 11.1. The van der Waals surface area contributed by atoms with E-state index in [1.807, 2.05) is 0 Å². The maximum Gasteiger partial charge on any atom is 0.457 e. The molecule has 24 heavy (non-hydrogen) atoms. The van der Waals surface area contributed by atoms with Gasteiger partial charge in [-0.05, 0) is 24.1 Å². The van der Waals surface area contributed by atoms with Crippen LogP contribution in [0.25, 0.3) is 0 Å². The van der Waals surface area contributed by atoms with Crippen LogP contribution in [-0.4, -0.2) is 36.1 Å². The van der Waals surface area contributed by atoms with Crippen LogP contribution in [0.15, 0.2) is 35.9 Å². The third-order valence-corrected chi connectivity index (χ3v) is 4.42. The minimum absolute atomic E-state index is 0.0186. The molecule has 8 heteroatoms. The molecular formula is C16H14F5NO2. The summed E-state index contributed by atoms with van der Waals surface area (Å²) in [4.78, 5) is 13.2. The van der Waals surface area contributed by atoms with Gasteiger partial charge in [0.25, 0.3) is 0 Å². The zero-order valence-corrected chi connectivity index (χ0v) is 12.6. The highest BCUT2D eigenvalue weighted by molar-refractivity contribution is 5.86. The molecule has 1 amide bonds. The van der Waals surface area contributed by atoms with E-state index in [1.54, 1.807) is 24.3 Å². The summed E-state index contributed by atoms with van der Waals surface area (Å²) in [7, 11) is 1.48. The molecule has 1 aromatic carbocycles. The number of nitrogens with zero attached hydrogens (tertiary/aromatic N) is 1. The van der Waals surface area contributed by atoms with Gasteiger partial charge < -0.3 is 9.64 Å². The number of likely N-dealkylation sites (tertiary alicyclic amines) is 1. The van der Waals surface area contributed by atoms with Gasteiger partial charge in [-0.1, -0.05) is 18.2 Å². The number of rotatable bonds is 4. The predicted octanol–water partition coefficient (Wildman–Crippen LogP) is 3.55. The fraction of sp³-hybridized carbons (Fsp3) is 0.438. The molecule has 2 atom stereocenters. The number of carbonyl (C=O) groups excluding carboxylic acids is 1. The van der Waals surface area contributed by atoms with Crippen LogP contribution in [0.4, 0.5) is 22.0 Å². The van der Waals surface area contributed by atoms with Gasteiger partial charge >= 0.3 is 12.1 Å². The second-order valence-electron chi connectivity index (χ2n) is 5.87. The third kappa shape index (κ3) is 2.53. The van der Waals surface area contributed by atoms with Crippen molar-refractivity contribution in [1.82, 2.24) is 4.90 Å². The van der Waals surface area contributed by atoms with Gasteiger partial charge in [-0.15, -0.1) is 0 Å². The molecule has 1 saturated heterocycles. The average molecular weight is 347 g/mol. The van der Waals surface area contributed by atoms with Gasteiger partial charge in [0.15, 0.2) is 0 Å². The van der Waals surface area contributed by atoms with Crippen LogP contribution in [0.2, 0.25) is 0 Å². The first kappa shape index (κ1) is 16.7. The maximum atomic E-state index is 13.7. The summed E-state index contributed by atoms with van der Waals surface area (Å²) in [5, 5.41) is 0. The molecule has 0 spiro atoms. The van der Waals surface area contributed by atoms with Crippen LogP contribution in [0.3, 0.4) is 0 Å². The highest BCUT2D eigenvalue weighted by atomic mass is 19.4. The predicted molar refractivity (Wildman–Crippen MR) is 74.5 cm³/mol. The van der Waals surface area contributed by atoms with Gasteiger partial charge in [0, 0.05) is 12.1 Å². The van der Waals surface area contributed by atoms with E-state index >= 15 is 0 Å². The first-order valence-electron chi connectivity index (χ1n) is 7.25. The number of hydrogen-bond acceptors (Lipinski definition) is 2. The zero-order chi connectivity index (χ0) is 17.7. The van der Waals surface area contributed by atoms with Crippen LogP contribution in [-0.2, 0) is 11.3 Å². The number of benzene rings is 1. The number of halogens is 5. The molecule has 0 N–H and O–H groups in total. The number of carbonyl (C=O) groups is 1. The molecule has 0 unspecified atom stereocenters. The lowest BCUT2D eigenvalue weighted by atomic mass is 10.0. The summed E-state index contributed by atoms with van der Waals surface area (Å²) in [5.74, 6) is -5.67. The smallest absolute Gasteiger partial charge is 0.457 e. The molecule has 3 rings (SSSR count). The molecule has 1 aliphatic carbocycles. The van der Waals surface area contributed by atoms with Crippen molar-refractivity contribution in [2.45, 2.75) is 31.1 Å². The molecule has 130 valence electrons. The second kappa shape index (κ2) is 5.46. The Labute approximate surface area is 134 Å². The van der Waals surface area contributed by atoms with E-state index in [9.17, 15) is 26.7 Å². The van der Waals surface area contributed by atoms with Gasteiger partial charge in [-0.25, -0.2) is 0 Å². The van der Waals surface area contributed by atoms with Crippen LogP contribution in [0, 0.1) is 5.92 Å². The Kier molecular flexibility index (Phi) is 3.80. The van der Waals surface area contributed by atoms with E-state index in [4.69, 9.17) is 4.74 Å². The van der Waals surface area contributed by atoms with Crippen LogP contribution in [0.1, 0.15) is 12.0 Å². The van der Waals surface area contributed by atoms with Gasteiger partial charge in [-0.2, -0.15) is 22.0 Å². The lowest BCUT2D eigenvalue weighted by Crippen LogP contribution is -2.47. The highest BCUT2D eigenvalue weighted by Crippen LogP contribution is 2.50. The molecule has 1 aromatic rings. The fourth-order valence-electron chi connectivity index (χ4n) is 3.19. The van der Waals surface area contributed by atoms with Crippen LogP contribution >= 0.6 is 0 Å². The number of fused-ring (bicyclic) bond motifs is 2. The molecule has 3 nitrogen and oxygen atoms in total. The Morgan fingerprint density at radius 1 is 1.17 bits per heavy atom. The normalized spacial score (nSPS) is 23.7. The summed E-state index contributed by atoms with van der Waals surface area (Å²) in [6, 6.07) is 5.33. The van der Waals surface area contributed by atoms with Gasteiger partial charge in [0.05, 0.1) is 19.1 Å². The summed E-state index contributed by atoms with van der Waals surface area (Å²) in [6.45, 7) is -0.0186. The molecular weight excluding hydrogens is 333 g/mol. The number of methoxy groups -OCH3 is 1. The van der Waals surface area contributed by atoms with Gasteiger partial charge in [-0.3, -0.25) is 4.79 Å². The van der Waals surface area contributed by atoms with Crippen molar-refractivity contribution in [3.8, 4) is 5.75 Å². The van der Waals surface area contributed by atoms with Crippen LogP contribution < -0.4 is 4.74 Å². The third-order valence-electron chi connectivity index (χ3n) is 4.42. The summed E-state index contributed by atoms with van der Waals surface area (Å²) >= 11 is 0. The lowest BCUT2D eigenvalue weighted by molar-refractivity contribution is -0.266. The van der Waals surface area contributed by atoms with Crippen molar-refractivity contribution in [2.75, 3.05) is 7.11 Å². The summed E-state index contributed by atoms with van der Waals surface area (Å²) in [5.41, 5.74) is -0.389. The molecule has 1 aliphatic heterocycles. The molecule has 0 aromatic heterocycles. The minimum Gasteiger partial charge on any atom is -0.497 e. The average Bonchev–Trinajstić information content (AvgIpc) is 3.07. The Morgan fingerprint density at radius 2 is 1.79 bits per heavy atom. The van der Waals surface area contributed by atoms with Gasteiger partial charge in [0.1, 0.15) is 5.75 Å². The van der Waals surface area contributed by atoms with Crippen molar-refractivity contribution in [1.29, 1.82) is 0 Å². The maximum absolute atomic E-state index is 13.7. The van der Waals surface area contributed by atoms with E-state index in [1.165, 1.54) is 7.11 Å². The van der Waals surface area contributed by atoms with E-state index < -0.39 is 35.5 Å². The van der Waals surface area contributed by atoms with E-state index in [0.29, 0.717) is 11.3 Å². The Morgan fingerprint density at radius 3 is 2.29 bits per heavy atom. The minimum atomic E-state index is -5.67. The molecule has 1 fully saturated rings. The van der Waals surface area contributed by atoms with Crippen molar-refractivity contribution in [3.63, 3.8) is 0 Å². The second-order valence-corrected chi connectivity index (χ2v) is 5.87. The molecule has 1 heterocycles. The quantitative estimate of drug-likeness (QED) is 0.616. The monoisotopic (exact) mass is 347 g/mol. The Hall–Kier alpha value is -2.12. The highest BCUT2D eigenvalue weighted by Gasteiger charge is 2.65. The van der Waals surface area contributed by atoms with E-state index in [2.05, 4.69) is 0 Å². The first-order valence-corrected chi connectivity index (χ1v) is 7.25. The van der Waals surface area contributed by atoms with Crippen molar-refractivity contribution < 1.29 is 31.5 Å².